The second kappa shape index (κ2) is 9.70. The maximum atomic E-state index is 13.7. The van der Waals surface area contributed by atoms with E-state index in [0.717, 1.165) is 56.4 Å². The lowest BCUT2D eigenvalue weighted by atomic mass is 9.78. The van der Waals surface area contributed by atoms with Crippen LogP contribution in [0, 0.1) is 11.3 Å². The van der Waals surface area contributed by atoms with Crippen LogP contribution >= 0.6 is 0 Å². The zero-order chi connectivity index (χ0) is 22.7. The first-order chi connectivity index (χ1) is 16.1. The van der Waals surface area contributed by atoms with E-state index in [9.17, 15) is 4.79 Å². The summed E-state index contributed by atoms with van der Waals surface area (Å²) < 4.78 is 11.5. The first kappa shape index (κ1) is 22.2. The Morgan fingerprint density at radius 3 is 2.67 bits per heavy atom. The molecule has 5 heteroatoms. The van der Waals surface area contributed by atoms with Crippen LogP contribution in [0.2, 0.25) is 0 Å². The lowest BCUT2D eigenvalue weighted by molar-refractivity contribution is -0.144. The van der Waals surface area contributed by atoms with Crippen molar-refractivity contribution in [3.63, 3.8) is 0 Å². The fourth-order valence-corrected chi connectivity index (χ4v) is 5.38. The highest BCUT2D eigenvalue weighted by atomic mass is 16.5. The van der Waals surface area contributed by atoms with Crippen LogP contribution in [0.5, 0.6) is 0 Å². The van der Waals surface area contributed by atoms with Gasteiger partial charge in [-0.15, -0.1) is 0 Å². The molecule has 2 fully saturated rings. The van der Waals surface area contributed by atoms with Crippen LogP contribution in [0.15, 0.2) is 65.3 Å². The predicted molar refractivity (Wildman–Crippen MR) is 130 cm³/mol. The number of hydrogen-bond acceptors (Lipinski definition) is 4. The van der Waals surface area contributed by atoms with E-state index in [1.54, 1.807) is 6.26 Å². The molecule has 3 heterocycles. The average molecular weight is 447 g/mol. The molecule has 0 radical (unpaired) electrons. The molecule has 1 aromatic heterocycles. The van der Waals surface area contributed by atoms with E-state index in [0.29, 0.717) is 31.6 Å². The quantitative estimate of drug-likeness (QED) is 0.567. The van der Waals surface area contributed by atoms with Crippen molar-refractivity contribution in [2.45, 2.75) is 32.7 Å². The van der Waals surface area contributed by atoms with E-state index >= 15 is 0 Å². The van der Waals surface area contributed by atoms with Crippen LogP contribution in [-0.4, -0.2) is 55.1 Å². The van der Waals surface area contributed by atoms with Crippen LogP contribution < -0.4 is 0 Å². The van der Waals surface area contributed by atoms with E-state index in [1.165, 1.54) is 11.1 Å². The third kappa shape index (κ3) is 4.99. The highest BCUT2D eigenvalue weighted by molar-refractivity contribution is 5.83. The molecule has 1 amide bonds. The summed E-state index contributed by atoms with van der Waals surface area (Å²) in [6.45, 7) is 7.83. The highest BCUT2D eigenvalue weighted by Crippen LogP contribution is 2.34. The SMILES string of the molecule is CC1(C(=O)N2CCOCC(Cc3cccc4occc34)C2)CCN(Cc2ccccc2)CC1. The van der Waals surface area contributed by atoms with Crippen LogP contribution in [0.4, 0.5) is 0 Å². The van der Waals surface area contributed by atoms with E-state index in [4.69, 9.17) is 9.15 Å². The van der Waals surface area contributed by atoms with Gasteiger partial charge in [0.25, 0.3) is 0 Å². The molecular weight excluding hydrogens is 412 g/mol. The van der Waals surface area contributed by atoms with Gasteiger partial charge in [0, 0.05) is 36.4 Å². The van der Waals surface area contributed by atoms with Crippen molar-refractivity contribution in [2.24, 2.45) is 11.3 Å². The second-order valence-electron chi connectivity index (χ2n) is 9.97. The number of ether oxygens (including phenoxy) is 1. The number of nitrogens with zero attached hydrogens (tertiary/aromatic N) is 2. The summed E-state index contributed by atoms with van der Waals surface area (Å²) in [6.07, 6.45) is 4.46. The molecule has 0 spiro atoms. The number of piperidine rings is 1. The van der Waals surface area contributed by atoms with Gasteiger partial charge in [-0.3, -0.25) is 9.69 Å². The van der Waals surface area contributed by atoms with Crippen molar-refractivity contribution in [3.8, 4) is 0 Å². The molecule has 5 nitrogen and oxygen atoms in total. The van der Waals surface area contributed by atoms with Crippen molar-refractivity contribution in [1.29, 1.82) is 0 Å². The number of benzene rings is 2. The minimum Gasteiger partial charge on any atom is -0.464 e. The average Bonchev–Trinajstić information content (AvgIpc) is 3.21. The number of carbonyl (C=O) groups excluding carboxylic acids is 1. The minimum atomic E-state index is -0.285. The zero-order valence-corrected chi connectivity index (χ0v) is 19.5. The van der Waals surface area contributed by atoms with Gasteiger partial charge in [-0.25, -0.2) is 0 Å². The molecule has 2 aliphatic heterocycles. The summed E-state index contributed by atoms with van der Waals surface area (Å²) in [5, 5.41) is 1.16. The van der Waals surface area contributed by atoms with Crippen molar-refractivity contribution in [3.05, 3.63) is 72.0 Å². The number of carbonyl (C=O) groups is 1. The number of rotatable bonds is 5. The number of furan rings is 1. The molecule has 5 rings (SSSR count). The standard InChI is InChI=1S/C28H34N2O3/c1-28(11-13-29(14-12-28)19-22-6-3-2-4-7-22)27(31)30-15-17-32-21-23(20-30)18-24-8-5-9-26-25(24)10-16-33-26/h2-10,16,23H,11-15,17-21H2,1H3. The van der Waals surface area contributed by atoms with Crippen molar-refractivity contribution in [1.82, 2.24) is 9.80 Å². The lowest BCUT2D eigenvalue weighted by Crippen LogP contribution is -2.50. The monoisotopic (exact) mass is 446 g/mol. The molecule has 0 aliphatic carbocycles. The van der Waals surface area contributed by atoms with E-state index in [-0.39, 0.29) is 5.41 Å². The topological polar surface area (TPSA) is 45.9 Å². The smallest absolute Gasteiger partial charge is 0.228 e. The Hall–Kier alpha value is -2.63. The number of hydrogen-bond donors (Lipinski definition) is 0. The lowest BCUT2D eigenvalue weighted by Gasteiger charge is -2.41. The third-order valence-corrected chi connectivity index (χ3v) is 7.44. The van der Waals surface area contributed by atoms with Gasteiger partial charge in [-0.05, 0) is 55.6 Å². The Bertz CT molecular complexity index is 1070. The summed E-state index contributed by atoms with van der Waals surface area (Å²) in [4.78, 5) is 18.3. The van der Waals surface area contributed by atoms with Crippen molar-refractivity contribution >= 4 is 16.9 Å². The van der Waals surface area contributed by atoms with Gasteiger partial charge >= 0.3 is 0 Å². The van der Waals surface area contributed by atoms with Gasteiger partial charge in [0.2, 0.25) is 5.91 Å². The second-order valence-corrected chi connectivity index (χ2v) is 9.97. The van der Waals surface area contributed by atoms with Gasteiger partial charge in [-0.2, -0.15) is 0 Å². The maximum Gasteiger partial charge on any atom is 0.228 e. The molecule has 1 unspecified atom stereocenters. The molecule has 0 saturated carbocycles. The summed E-state index contributed by atoms with van der Waals surface area (Å²) in [7, 11) is 0. The Morgan fingerprint density at radius 1 is 1.03 bits per heavy atom. The fourth-order valence-electron chi connectivity index (χ4n) is 5.38. The molecular formula is C28H34N2O3. The molecule has 0 N–H and O–H groups in total. The molecule has 2 aromatic carbocycles. The van der Waals surface area contributed by atoms with Gasteiger partial charge in [0.15, 0.2) is 0 Å². The van der Waals surface area contributed by atoms with Crippen LogP contribution in [0.1, 0.15) is 30.9 Å². The summed E-state index contributed by atoms with van der Waals surface area (Å²) >= 11 is 0. The molecule has 174 valence electrons. The summed E-state index contributed by atoms with van der Waals surface area (Å²) in [5.74, 6) is 0.595. The number of amides is 1. The number of fused-ring (bicyclic) bond motifs is 1. The van der Waals surface area contributed by atoms with Crippen LogP contribution in [0.3, 0.4) is 0 Å². The zero-order valence-electron chi connectivity index (χ0n) is 19.5. The molecule has 1 atom stereocenters. The van der Waals surface area contributed by atoms with E-state index in [2.05, 4.69) is 53.1 Å². The molecule has 2 aliphatic rings. The van der Waals surface area contributed by atoms with Crippen LogP contribution in [-0.2, 0) is 22.5 Å². The molecule has 3 aromatic rings. The molecule has 2 saturated heterocycles. The predicted octanol–water partition coefficient (Wildman–Crippen LogP) is 4.75. The first-order valence-corrected chi connectivity index (χ1v) is 12.2. The minimum absolute atomic E-state index is 0.285. The van der Waals surface area contributed by atoms with E-state index < -0.39 is 0 Å². The molecule has 0 bridgehead atoms. The Kier molecular flexibility index (Phi) is 6.52. The highest BCUT2D eigenvalue weighted by Gasteiger charge is 2.40. The summed E-state index contributed by atoms with van der Waals surface area (Å²) in [5.41, 5.74) is 3.24. The van der Waals surface area contributed by atoms with Crippen molar-refractivity contribution < 1.29 is 13.9 Å². The van der Waals surface area contributed by atoms with Crippen LogP contribution in [0.25, 0.3) is 11.0 Å². The number of likely N-dealkylation sites (tertiary alicyclic amines) is 1. The normalized spacial score (nSPS) is 21.7. The van der Waals surface area contributed by atoms with Crippen molar-refractivity contribution in [2.75, 3.05) is 39.4 Å². The van der Waals surface area contributed by atoms with Gasteiger partial charge in [0.05, 0.1) is 19.5 Å². The Labute approximate surface area is 196 Å². The summed E-state index contributed by atoms with van der Waals surface area (Å²) in [6, 6.07) is 18.9. The van der Waals surface area contributed by atoms with Gasteiger partial charge in [-0.1, -0.05) is 49.4 Å². The van der Waals surface area contributed by atoms with E-state index in [1.807, 2.05) is 18.2 Å². The Balaban J connectivity index is 1.22. The Morgan fingerprint density at radius 2 is 1.85 bits per heavy atom. The van der Waals surface area contributed by atoms with Gasteiger partial charge in [0.1, 0.15) is 5.58 Å². The third-order valence-electron chi connectivity index (χ3n) is 7.44. The van der Waals surface area contributed by atoms with Gasteiger partial charge < -0.3 is 14.1 Å². The first-order valence-electron chi connectivity index (χ1n) is 12.2. The molecule has 33 heavy (non-hydrogen) atoms. The maximum absolute atomic E-state index is 13.7. The fraction of sp³-hybridized carbons (Fsp3) is 0.464. The largest absolute Gasteiger partial charge is 0.464 e.